The minimum absolute atomic E-state index is 0.0694. The maximum atomic E-state index is 12.9. The molecule has 1 heterocycles. The fourth-order valence-corrected chi connectivity index (χ4v) is 3.70. The number of nitrogens with one attached hydrogen (secondary N) is 3. The van der Waals surface area contributed by atoms with Gasteiger partial charge in [0.15, 0.2) is 0 Å². The van der Waals surface area contributed by atoms with Crippen LogP contribution in [-0.4, -0.2) is 45.6 Å². The van der Waals surface area contributed by atoms with Crippen LogP contribution < -0.4 is 30.2 Å². The fraction of sp³-hybridized carbons (Fsp3) is 0.0968. The Morgan fingerprint density at radius 2 is 0.756 bits per heavy atom. The Morgan fingerprint density at radius 3 is 1.04 bits per heavy atom. The quantitative estimate of drug-likeness (QED) is 0.183. The van der Waals surface area contributed by atoms with Crippen molar-refractivity contribution in [3.63, 3.8) is 0 Å². The molecule has 4 rings (SSSR count). The van der Waals surface area contributed by atoms with Crippen LogP contribution in [0, 0.1) is 0 Å². The van der Waals surface area contributed by atoms with Crippen LogP contribution in [0.25, 0.3) is 0 Å². The van der Waals surface area contributed by atoms with Crippen LogP contribution in [0.2, 0.25) is 0 Å². The van der Waals surface area contributed by atoms with Crippen molar-refractivity contribution < 1.29 is 43.0 Å². The number of hydrogen-bond acceptors (Lipinski definition) is 11. The number of hydrogen-bond donors (Lipinski definition) is 3. The van der Waals surface area contributed by atoms with Crippen LogP contribution in [0.15, 0.2) is 78.9 Å². The molecule has 0 atom stereocenters. The Bertz CT molecular complexity index is 1550. The lowest BCUT2D eigenvalue weighted by molar-refractivity contribution is -0.132. The number of esters is 3. The third kappa shape index (κ3) is 9.27. The Labute approximate surface area is 255 Å². The van der Waals surface area contributed by atoms with Crippen molar-refractivity contribution in [2.24, 2.45) is 0 Å². The zero-order valence-corrected chi connectivity index (χ0v) is 24.1. The fourth-order valence-electron chi connectivity index (χ4n) is 3.70. The van der Waals surface area contributed by atoms with Gasteiger partial charge in [-0.3, -0.25) is 34.1 Å². The van der Waals surface area contributed by atoms with Gasteiger partial charge in [-0.15, -0.1) is 0 Å². The molecule has 0 saturated heterocycles. The molecule has 0 spiro atoms. The smallest absolute Gasteiger partial charge is 0.308 e. The van der Waals surface area contributed by atoms with Crippen LogP contribution in [0.1, 0.15) is 51.8 Å². The van der Waals surface area contributed by atoms with Gasteiger partial charge in [0.05, 0.1) is 0 Å². The third-order valence-corrected chi connectivity index (χ3v) is 5.57. The molecule has 0 fully saturated rings. The predicted molar refractivity (Wildman–Crippen MR) is 159 cm³/mol. The van der Waals surface area contributed by atoms with E-state index < -0.39 is 35.6 Å². The number of amides is 3. The molecule has 4 aromatic rings. The number of anilines is 3. The van der Waals surface area contributed by atoms with E-state index in [9.17, 15) is 28.8 Å². The van der Waals surface area contributed by atoms with Gasteiger partial charge in [-0.25, -0.2) is 0 Å². The number of nitrogens with zero attached hydrogens (tertiary/aromatic N) is 2. The van der Waals surface area contributed by atoms with Gasteiger partial charge in [-0.2, -0.15) is 9.97 Å². The normalized spacial score (nSPS) is 10.2. The second-order valence-corrected chi connectivity index (χ2v) is 9.18. The van der Waals surface area contributed by atoms with Gasteiger partial charge < -0.3 is 24.8 Å². The van der Waals surface area contributed by atoms with Gasteiger partial charge in [0.25, 0.3) is 17.7 Å². The van der Waals surface area contributed by atoms with E-state index >= 15 is 0 Å². The van der Waals surface area contributed by atoms with Crippen molar-refractivity contribution in [1.29, 1.82) is 0 Å². The lowest BCUT2D eigenvalue weighted by Gasteiger charge is -2.12. The average Bonchev–Trinajstić information content (AvgIpc) is 2.97. The average molecular weight is 612 g/mol. The Balaban J connectivity index is 1.57. The molecule has 0 aliphatic rings. The summed E-state index contributed by atoms with van der Waals surface area (Å²) in [7, 11) is 0. The van der Waals surface area contributed by atoms with Gasteiger partial charge in [-0.1, -0.05) is 0 Å². The second kappa shape index (κ2) is 14.2. The van der Waals surface area contributed by atoms with Crippen molar-refractivity contribution in [3.8, 4) is 17.2 Å². The van der Waals surface area contributed by atoms with Crippen LogP contribution in [0.5, 0.6) is 17.2 Å². The van der Waals surface area contributed by atoms with E-state index in [0.717, 1.165) is 0 Å². The number of carbonyl (C=O) groups excluding carboxylic acids is 6. The summed E-state index contributed by atoms with van der Waals surface area (Å²) >= 11 is 0. The summed E-state index contributed by atoms with van der Waals surface area (Å²) in [6, 6.07) is 18.4. The van der Waals surface area contributed by atoms with Gasteiger partial charge in [-0.05, 0) is 72.8 Å². The molecule has 45 heavy (non-hydrogen) atoms. The van der Waals surface area contributed by atoms with Gasteiger partial charge >= 0.3 is 17.9 Å². The van der Waals surface area contributed by atoms with Crippen LogP contribution in [-0.2, 0) is 14.4 Å². The first kappa shape index (κ1) is 31.5. The predicted octanol–water partition coefficient (Wildman–Crippen LogP) is 4.01. The topological polar surface area (TPSA) is 192 Å². The molecule has 0 saturated carbocycles. The summed E-state index contributed by atoms with van der Waals surface area (Å²) in [4.78, 5) is 80.7. The number of rotatable bonds is 9. The highest BCUT2D eigenvalue weighted by Gasteiger charge is 2.16. The Hall–Kier alpha value is -6.44. The first-order valence-electron chi connectivity index (χ1n) is 13.1. The van der Waals surface area contributed by atoms with E-state index in [1.54, 1.807) is 0 Å². The number of benzene rings is 3. The summed E-state index contributed by atoms with van der Waals surface area (Å²) in [5.74, 6) is -3.03. The zero-order chi connectivity index (χ0) is 32.5. The highest BCUT2D eigenvalue weighted by Crippen LogP contribution is 2.20. The summed E-state index contributed by atoms with van der Waals surface area (Å²) in [5.41, 5.74) is 0.568. The van der Waals surface area contributed by atoms with Crippen LogP contribution in [0.4, 0.5) is 17.6 Å². The molecular formula is C31H25N5O9. The molecule has 0 unspecified atom stereocenters. The first-order valence-corrected chi connectivity index (χ1v) is 13.1. The number of aromatic nitrogens is 2. The monoisotopic (exact) mass is 611 g/mol. The maximum absolute atomic E-state index is 12.9. The summed E-state index contributed by atoms with van der Waals surface area (Å²) in [6.45, 7) is 3.74. The summed E-state index contributed by atoms with van der Waals surface area (Å²) in [5, 5.41) is 7.67. The van der Waals surface area contributed by atoms with E-state index in [4.69, 9.17) is 14.2 Å². The molecule has 0 aliphatic carbocycles. The van der Waals surface area contributed by atoms with E-state index in [1.807, 2.05) is 0 Å². The molecule has 14 nitrogen and oxygen atoms in total. The third-order valence-electron chi connectivity index (χ3n) is 5.57. The largest absolute Gasteiger partial charge is 0.427 e. The molecule has 14 heteroatoms. The summed E-state index contributed by atoms with van der Waals surface area (Å²) < 4.78 is 14.9. The summed E-state index contributed by atoms with van der Waals surface area (Å²) in [6.07, 6.45) is 0. The molecule has 3 N–H and O–H groups in total. The first-order chi connectivity index (χ1) is 21.4. The molecule has 228 valence electrons. The van der Waals surface area contributed by atoms with Crippen molar-refractivity contribution in [1.82, 2.24) is 9.97 Å². The minimum Gasteiger partial charge on any atom is -0.427 e. The standard InChI is InChI=1S/C31H25N5O9/c1-17(37)43-23-10-4-20(5-11-23)28(40)32-26-16-27(33-29(41)21-6-12-24(13-7-21)44-18(2)38)35-31(34-26)36-30(42)22-8-14-25(15-9-22)45-19(3)39/h4-16H,1-3H3,(H3,32,33,34,35,36,40,41,42). The van der Waals surface area contributed by atoms with E-state index in [0.29, 0.717) is 0 Å². The number of ether oxygens (including phenoxy) is 3. The van der Waals surface area contributed by atoms with E-state index in [2.05, 4.69) is 25.9 Å². The molecule has 0 aliphatic heterocycles. The lowest BCUT2D eigenvalue weighted by Crippen LogP contribution is -2.19. The van der Waals surface area contributed by atoms with Crippen molar-refractivity contribution >= 4 is 53.2 Å². The Morgan fingerprint density at radius 1 is 0.467 bits per heavy atom. The van der Waals surface area contributed by atoms with E-state index in [1.165, 1.54) is 99.6 Å². The molecule has 0 radical (unpaired) electrons. The molecule has 0 bridgehead atoms. The van der Waals surface area contributed by atoms with Gasteiger partial charge in [0.2, 0.25) is 5.95 Å². The Kier molecular flexibility index (Phi) is 9.90. The molecular weight excluding hydrogens is 586 g/mol. The maximum Gasteiger partial charge on any atom is 0.308 e. The van der Waals surface area contributed by atoms with Gasteiger partial charge in [0, 0.05) is 43.5 Å². The van der Waals surface area contributed by atoms with E-state index in [-0.39, 0.29) is 51.5 Å². The van der Waals surface area contributed by atoms with Gasteiger partial charge in [0.1, 0.15) is 28.9 Å². The SMILES string of the molecule is CC(=O)Oc1ccc(C(=O)Nc2cc(NC(=O)c3ccc(OC(C)=O)cc3)nc(NC(=O)c3ccc(OC(C)=O)cc3)n2)cc1. The second-order valence-electron chi connectivity index (χ2n) is 9.18. The lowest BCUT2D eigenvalue weighted by atomic mass is 10.2. The minimum atomic E-state index is -0.632. The molecule has 3 aromatic carbocycles. The highest BCUT2D eigenvalue weighted by atomic mass is 16.5. The molecule has 1 aromatic heterocycles. The highest BCUT2D eigenvalue weighted by molar-refractivity contribution is 6.07. The molecule has 3 amide bonds. The van der Waals surface area contributed by atoms with Crippen molar-refractivity contribution in [2.45, 2.75) is 20.8 Å². The zero-order valence-electron chi connectivity index (χ0n) is 24.1. The van der Waals surface area contributed by atoms with Crippen LogP contribution in [0.3, 0.4) is 0 Å². The number of carbonyl (C=O) groups is 6. The van der Waals surface area contributed by atoms with Crippen molar-refractivity contribution in [2.75, 3.05) is 16.0 Å². The van der Waals surface area contributed by atoms with Crippen molar-refractivity contribution in [3.05, 3.63) is 95.6 Å². The van der Waals surface area contributed by atoms with Crippen LogP contribution >= 0.6 is 0 Å².